The second-order valence-corrected chi connectivity index (χ2v) is 4.91. The Morgan fingerprint density at radius 1 is 1.41 bits per heavy atom. The summed E-state index contributed by atoms with van der Waals surface area (Å²) in [6, 6.07) is 3.16. The minimum absolute atomic E-state index is 0.125. The number of carbonyl (C=O) groups is 1. The Hall–Kier alpha value is -1.29. The van der Waals surface area contributed by atoms with Crippen LogP contribution in [-0.2, 0) is 4.79 Å². The number of nitrogens with two attached hydrogens (primary N) is 1. The smallest absolute Gasteiger partial charge is 0.237 e. The van der Waals surface area contributed by atoms with E-state index in [9.17, 15) is 4.79 Å². The van der Waals surface area contributed by atoms with Gasteiger partial charge in [0.15, 0.2) is 0 Å². The molecule has 0 spiro atoms. The van der Waals surface area contributed by atoms with Gasteiger partial charge in [0, 0.05) is 0 Å². The van der Waals surface area contributed by atoms with Gasteiger partial charge in [-0.25, -0.2) is 0 Å². The summed E-state index contributed by atoms with van der Waals surface area (Å²) >= 11 is 0. The average Bonchev–Trinajstić information content (AvgIpc) is 2.63. The highest BCUT2D eigenvalue weighted by Gasteiger charge is 2.18. The lowest BCUT2D eigenvalue weighted by Gasteiger charge is -2.17. The van der Waals surface area contributed by atoms with Crippen LogP contribution in [0.25, 0.3) is 0 Å². The summed E-state index contributed by atoms with van der Waals surface area (Å²) in [6.07, 6.45) is 0.690. The van der Waals surface area contributed by atoms with E-state index in [1.54, 1.807) is 0 Å². The van der Waals surface area contributed by atoms with E-state index in [0.717, 1.165) is 11.5 Å². The van der Waals surface area contributed by atoms with E-state index in [-0.39, 0.29) is 11.9 Å². The summed E-state index contributed by atoms with van der Waals surface area (Å²) in [6.45, 7) is 7.86. The molecule has 4 heteroatoms. The molecular formula is C13H22N2O2. The monoisotopic (exact) mass is 238 g/mol. The molecule has 1 heterocycles. The second kappa shape index (κ2) is 5.87. The van der Waals surface area contributed by atoms with E-state index >= 15 is 0 Å². The normalized spacial score (nSPS) is 14.7. The summed E-state index contributed by atoms with van der Waals surface area (Å²) in [4.78, 5) is 11.8. The first kappa shape index (κ1) is 13.8. The first-order valence-corrected chi connectivity index (χ1v) is 6.02. The van der Waals surface area contributed by atoms with Gasteiger partial charge in [-0.3, -0.25) is 4.79 Å². The van der Waals surface area contributed by atoms with Gasteiger partial charge in [-0.05, 0) is 38.3 Å². The van der Waals surface area contributed by atoms with Crippen LogP contribution in [0.4, 0.5) is 0 Å². The molecule has 1 amide bonds. The molecule has 0 radical (unpaired) electrons. The third-order valence-corrected chi connectivity index (χ3v) is 2.61. The van der Waals surface area contributed by atoms with Crippen molar-refractivity contribution < 1.29 is 9.21 Å². The maximum absolute atomic E-state index is 11.8. The van der Waals surface area contributed by atoms with Crippen molar-refractivity contribution in [3.8, 4) is 0 Å². The van der Waals surface area contributed by atoms with Gasteiger partial charge in [0.1, 0.15) is 11.5 Å². The largest absolute Gasteiger partial charge is 0.464 e. The predicted molar refractivity (Wildman–Crippen MR) is 67.4 cm³/mol. The number of aryl methyl sites for hydroxylation is 1. The standard InChI is InChI=1S/C13H22N2O2/c1-8(2)7-11(14)13(16)15-10(4)12-6-5-9(3)17-12/h5-6,8,10-11H,7,14H2,1-4H3,(H,15,16). The zero-order valence-corrected chi connectivity index (χ0v) is 11.0. The van der Waals surface area contributed by atoms with E-state index < -0.39 is 6.04 Å². The molecule has 0 fully saturated rings. The van der Waals surface area contributed by atoms with Gasteiger partial charge in [0.25, 0.3) is 0 Å². The minimum Gasteiger partial charge on any atom is -0.464 e. The van der Waals surface area contributed by atoms with E-state index in [4.69, 9.17) is 10.2 Å². The van der Waals surface area contributed by atoms with Crippen molar-refractivity contribution in [2.45, 2.75) is 46.2 Å². The summed E-state index contributed by atoms with van der Waals surface area (Å²) in [5, 5.41) is 2.86. The first-order chi connectivity index (χ1) is 7.90. The van der Waals surface area contributed by atoms with Crippen LogP contribution in [0, 0.1) is 12.8 Å². The van der Waals surface area contributed by atoms with Crippen molar-refractivity contribution in [2.24, 2.45) is 11.7 Å². The zero-order valence-electron chi connectivity index (χ0n) is 11.0. The van der Waals surface area contributed by atoms with Gasteiger partial charge in [-0.15, -0.1) is 0 Å². The molecule has 0 aliphatic carbocycles. The average molecular weight is 238 g/mol. The van der Waals surface area contributed by atoms with Crippen LogP contribution in [0.3, 0.4) is 0 Å². The molecular weight excluding hydrogens is 216 g/mol. The van der Waals surface area contributed by atoms with Gasteiger partial charge < -0.3 is 15.5 Å². The fourth-order valence-corrected chi connectivity index (χ4v) is 1.69. The Balaban J connectivity index is 2.51. The molecule has 1 aromatic heterocycles. The van der Waals surface area contributed by atoms with E-state index in [0.29, 0.717) is 12.3 Å². The van der Waals surface area contributed by atoms with Gasteiger partial charge in [0.05, 0.1) is 12.1 Å². The Kier molecular flexibility index (Phi) is 4.75. The maximum atomic E-state index is 11.8. The predicted octanol–water partition coefficient (Wildman–Crippen LogP) is 2.14. The number of rotatable bonds is 5. The third-order valence-electron chi connectivity index (χ3n) is 2.61. The van der Waals surface area contributed by atoms with Crippen LogP contribution in [0.15, 0.2) is 16.5 Å². The lowest BCUT2D eigenvalue weighted by atomic mass is 10.0. The molecule has 17 heavy (non-hydrogen) atoms. The SMILES string of the molecule is Cc1ccc(C(C)NC(=O)C(N)CC(C)C)o1. The van der Waals surface area contributed by atoms with E-state index in [2.05, 4.69) is 5.32 Å². The second-order valence-electron chi connectivity index (χ2n) is 4.91. The Morgan fingerprint density at radius 3 is 2.53 bits per heavy atom. The number of carbonyl (C=O) groups excluding carboxylic acids is 1. The van der Waals surface area contributed by atoms with Crippen molar-refractivity contribution in [3.05, 3.63) is 23.7 Å². The van der Waals surface area contributed by atoms with Crippen LogP contribution in [0.2, 0.25) is 0 Å². The van der Waals surface area contributed by atoms with Crippen molar-refractivity contribution in [3.63, 3.8) is 0 Å². The molecule has 2 unspecified atom stereocenters. The van der Waals surface area contributed by atoms with Crippen molar-refractivity contribution in [1.29, 1.82) is 0 Å². The third kappa shape index (κ3) is 4.23. The fourth-order valence-electron chi connectivity index (χ4n) is 1.69. The molecule has 0 saturated heterocycles. The van der Waals surface area contributed by atoms with Crippen molar-refractivity contribution >= 4 is 5.91 Å². The zero-order chi connectivity index (χ0) is 13.0. The van der Waals surface area contributed by atoms with Gasteiger partial charge in [-0.2, -0.15) is 0 Å². The number of amides is 1. The van der Waals surface area contributed by atoms with E-state index in [1.807, 2.05) is 39.8 Å². The lowest BCUT2D eigenvalue weighted by Crippen LogP contribution is -2.42. The van der Waals surface area contributed by atoms with Crippen LogP contribution >= 0.6 is 0 Å². The van der Waals surface area contributed by atoms with Crippen LogP contribution in [-0.4, -0.2) is 11.9 Å². The highest BCUT2D eigenvalue weighted by Crippen LogP contribution is 2.15. The molecule has 0 saturated carbocycles. The summed E-state index contributed by atoms with van der Waals surface area (Å²) in [5.41, 5.74) is 5.81. The van der Waals surface area contributed by atoms with Gasteiger partial charge in [-0.1, -0.05) is 13.8 Å². The fraction of sp³-hybridized carbons (Fsp3) is 0.615. The van der Waals surface area contributed by atoms with Crippen LogP contribution < -0.4 is 11.1 Å². The molecule has 1 rings (SSSR count). The Labute approximate surface area is 103 Å². The lowest BCUT2D eigenvalue weighted by molar-refractivity contribution is -0.123. The van der Waals surface area contributed by atoms with Gasteiger partial charge >= 0.3 is 0 Å². The summed E-state index contributed by atoms with van der Waals surface area (Å²) < 4.78 is 5.45. The van der Waals surface area contributed by atoms with Crippen molar-refractivity contribution in [1.82, 2.24) is 5.32 Å². The molecule has 4 nitrogen and oxygen atoms in total. The molecule has 96 valence electrons. The highest BCUT2D eigenvalue weighted by molar-refractivity contribution is 5.81. The Bertz CT molecular complexity index is 371. The van der Waals surface area contributed by atoms with Crippen LogP contribution in [0.1, 0.15) is 44.8 Å². The molecule has 2 atom stereocenters. The number of nitrogens with one attached hydrogen (secondary N) is 1. The van der Waals surface area contributed by atoms with Crippen molar-refractivity contribution in [2.75, 3.05) is 0 Å². The molecule has 0 bridgehead atoms. The number of hydrogen-bond donors (Lipinski definition) is 2. The highest BCUT2D eigenvalue weighted by atomic mass is 16.3. The maximum Gasteiger partial charge on any atom is 0.237 e. The molecule has 1 aromatic rings. The van der Waals surface area contributed by atoms with E-state index in [1.165, 1.54) is 0 Å². The minimum atomic E-state index is -0.450. The number of hydrogen-bond acceptors (Lipinski definition) is 3. The summed E-state index contributed by atoms with van der Waals surface area (Å²) in [7, 11) is 0. The first-order valence-electron chi connectivity index (χ1n) is 6.02. The Morgan fingerprint density at radius 2 is 2.06 bits per heavy atom. The molecule has 0 aliphatic heterocycles. The molecule has 0 aromatic carbocycles. The molecule has 0 aliphatic rings. The van der Waals surface area contributed by atoms with Gasteiger partial charge in [0.2, 0.25) is 5.91 Å². The topological polar surface area (TPSA) is 68.3 Å². The molecule has 3 N–H and O–H groups in total. The summed E-state index contributed by atoms with van der Waals surface area (Å²) in [5.74, 6) is 1.89. The number of furan rings is 1. The quantitative estimate of drug-likeness (QED) is 0.825. The van der Waals surface area contributed by atoms with Crippen LogP contribution in [0.5, 0.6) is 0 Å².